The fraction of sp³-hybridized carbons (Fsp3) is 0.200. The molecule has 0 radical (unpaired) electrons. The first kappa shape index (κ1) is 14.8. The predicted octanol–water partition coefficient (Wildman–Crippen LogP) is -1.77. The molecule has 76 valence electrons. The third-order valence-electron chi connectivity index (χ3n) is 2.21. The first-order valence-corrected chi connectivity index (χ1v) is 4.02. The van der Waals surface area contributed by atoms with E-state index in [1.165, 1.54) is 19.1 Å². The first-order chi connectivity index (χ1) is 6.49. The number of benzene rings is 1. The third kappa shape index (κ3) is 2.88. The van der Waals surface area contributed by atoms with E-state index in [0.717, 1.165) is 0 Å². The maximum Gasteiger partial charge on any atom is 1.00 e. The van der Waals surface area contributed by atoms with E-state index in [0.29, 0.717) is 0 Å². The molecule has 0 aliphatic carbocycles. The predicted molar refractivity (Wildman–Crippen MR) is 50.2 cm³/mol. The summed E-state index contributed by atoms with van der Waals surface area (Å²) in [6.07, 6.45) is 0. The fourth-order valence-electron chi connectivity index (χ4n) is 1.11. The van der Waals surface area contributed by atoms with Gasteiger partial charge in [-0.15, -0.1) is 0 Å². The molecule has 0 aromatic heterocycles. The molecular weight excluding hydrogens is 223 g/mol. The average molecular weight is 234 g/mol. The standard InChI is InChI=1S/C10H10O4.K.H/c1-10(8(11)12,9(13)14)7-5-3-2-4-6-7;;/h2-6H,1H3,(H,11,12)(H,13,14);;/q;+1;-1. The smallest absolute Gasteiger partial charge is 1.00 e. The Balaban J connectivity index is 0. The fourth-order valence-corrected chi connectivity index (χ4v) is 1.11. The minimum Gasteiger partial charge on any atom is -1.00 e. The van der Waals surface area contributed by atoms with Crippen LogP contribution in [0.2, 0.25) is 0 Å². The zero-order chi connectivity index (χ0) is 10.8. The molecule has 0 amide bonds. The van der Waals surface area contributed by atoms with Crippen LogP contribution in [0, 0.1) is 0 Å². The summed E-state index contributed by atoms with van der Waals surface area (Å²) in [5, 5.41) is 17.8. The van der Waals surface area contributed by atoms with Crippen LogP contribution in [0.25, 0.3) is 0 Å². The number of aliphatic carboxylic acids is 2. The van der Waals surface area contributed by atoms with Crippen LogP contribution in [0.1, 0.15) is 13.9 Å². The van der Waals surface area contributed by atoms with Gasteiger partial charge in [-0.25, -0.2) is 0 Å². The molecule has 0 aliphatic heterocycles. The van der Waals surface area contributed by atoms with Crippen molar-refractivity contribution in [2.45, 2.75) is 12.3 Å². The number of carboxylic acids is 2. The van der Waals surface area contributed by atoms with E-state index >= 15 is 0 Å². The minimum absolute atomic E-state index is 0. The summed E-state index contributed by atoms with van der Waals surface area (Å²) in [4.78, 5) is 21.8. The summed E-state index contributed by atoms with van der Waals surface area (Å²) in [5.74, 6) is -2.73. The van der Waals surface area contributed by atoms with Crippen LogP contribution in [0.3, 0.4) is 0 Å². The Bertz CT molecular complexity index is 352. The van der Waals surface area contributed by atoms with Crippen LogP contribution >= 0.6 is 0 Å². The van der Waals surface area contributed by atoms with Gasteiger partial charge in [0.1, 0.15) is 0 Å². The Morgan fingerprint density at radius 1 is 1.13 bits per heavy atom. The molecule has 0 atom stereocenters. The largest absolute Gasteiger partial charge is 1.00 e. The monoisotopic (exact) mass is 234 g/mol. The molecule has 15 heavy (non-hydrogen) atoms. The summed E-state index contributed by atoms with van der Waals surface area (Å²) in [6.45, 7) is 1.17. The van der Waals surface area contributed by atoms with E-state index in [4.69, 9.17) is 10.2 Å². The summed E-state index contributed by atoms with van der Waals surface area (Å²) < 4.78 is 0. The van der Waals surface area contributed by atoms with Gasteiger partial charge < -0.3 is 11.6 Å². The Kier molecular flexibility index (Phi) is 5.69. The second-order valence-electron chi connectivity index (χ2n) is 3.10. The molecule has 0 saturated heterocycles. The van der Waals surface area contributed by atoms with Gasteiger partial charge in [-0.05, 0) is 12.5 Å². The maximum absolute atomic E-state index is 10.9. The van der Waals surface area contributed by atoms with E-state index in [-0.39, 0.29) is 58.4 Å². The van der Waals surface area contributed by atoms with Crippen LogP contribution in [-0.4, -0.2) is 22.2 Å². The van der Waals surface area contributed by atoms with E-state index < -0.39 is 17.4 Å². The van der Waals surface area contributed by atoms with Crippen molar-refractivity contribution in [2.24, 2.45) is 0 Å². The van der Waals surface area contributed by atoms with E-state index in [1.54, 1.807) is 18.2 Å². The van der Waals surface area contributed by atoms with E-state index in [9.17, 15) is 9.59 Å². The van der Waals surface area contributed by atoms with Crippen molar-refractivity contribution < 1.29 is 72.6 Å². The van der Waals surface area contributed by atoms with Gasteiger partial charge in [0.25, 0.3) is 0 Å². The molecule has 1 aromatic carbocycles. The van der Waals surface area contributed by atoms with Crippen molar-refractivity contribution in [2.75, 3.05) is 0 Å². The molecule has 0 bridgehead atoms. The quantitative estimate of drug-likeness (QED) is 0.479. The van der Waals surface area contributed by atoms with Crippen molar-refractivity contribution in [3.05, 3.63) is 35.9 Å². The summed E-state index contributed by atoms with van der Waals surface area (Å²) in [5.41, 5.74) is -1.61. The van der Waals surface area contributed by atoms with E-state index in [1.807, 2.05) is 0 Å². The number of rotatable bonds is 3. The minimum atomic E-state index is -1.87. The number of carbonyl (C=O) groups is 2. The Hall–Kier alpha value is -0.204. The average Bonchev–Trinajstić information content (AvgIpc) is 2.17. The topological polar surface area (TPSA) is 74.6 Å². The Labute approximate surface area is 131 Å². The Morgan fingerprint density at radius 2 is 1.53 bits per heavy atom. The van der Waals surface area contributed by atoms with Gasteiger partial charge in [0.2, 0.25) is 0 Å². The molecule has 0 fully saturated rings. The van der Waals surface area contributed by atoms with Gasteiger partial charge in [-0.2, -0.15) is 0 Å². The molecule has 0 saturated carbocycles. The number of hydrogen-bond acceptors (Lipinski definition) is 2. The van der Waals surface area contributed by atoms with Crippen molar-refractivity contribution in [1.82, 2.24) is 0 Å². The SMILES string of the molecule is CC(C(=O)O)(C(=O)O)c1ccccc1.[H-].[K+]. The summed E-state index contributed by atoms with van der Waals surface area (Å²) in [6, 6.07) is 7.90. The van der Waals surface area contributed by atoms with Crippen molar-refractivity contribution >= 4 is 11.9 Å². The summed E-state index contributed by atoms with van der Waals surface area (Å²) >= 11 is 0. The molecule has 5 heteroatoms. The van der Waals surface area contributed by atoms with Crippen LogP contribution in [0.4, 0.5) is 0 Å². The van der Waals surface area contributed by atoms with Crippen LogP contribution < -0.4 is 51.4 Å². The van der Waals surface area contributed by atoms with Crippen molar-refractivity contribution in [1.29, 1.82) is 0 Å². The third-order valence-corrected chi connectivity index (χ3v) is 2.21. The molecule has 1 aromatic rings. The molecule has 0 spiro atoms. The molecule has 4 nitrogen and oxygen atoms in total. The van der Waals surface area contributed by atoms with Gasteiger partial charge in [0, 0.05) is 0 Å². The molecular formula is C10H11KO4. The second kappa shape index (κ2) is 5.76. The Morgan fingerprint density at radius 3 is 1.87 bits per heavy atom. The van der Waals surface area contributed by atoms with Crippen molar-refractivity contribution in [3.63, 3.8) is 0 Å². The molecule has 1 rings (SSSR count). The number of carboxylic acid groups (broad SMARTS) is 2. The zero-order valence-electron chi connectivity index (χ0n) is 9.60. The first-order valence-electron chi connectivity index (χ1n) is 4.02. The summed E-state index contributed by atoms with van der Waals surface area (Å²) in [7, 11) is 0. The maximum atomic E-state index is 10.9. The molecule has 0 aliphatic rings. The number of hydrogen-bond donors (Lipinski definition) is 2. The van der Waals surface area contributed by atoms with Gasteiger partial charge in [0.05, 0.1) is 0 Å². The molecule has 2 N–H and O–H groups in total. The van der Waals surface area contributed by atoms with Gasteiger partial charge in [-0.3, -0.25) is 9.59 Å². The van der Waals surface area contributed by atoms with E-state index in [2.05, 4.69) is 0 Å². The molecule has 0 unspecified atom stereocenters. The normalized spacial score (nSPS) is 10.2. The van der Waals surface area contributed by atoms with Crippen molar-refractivity contribution in [3.8, 4) is 0 Å². The van der Waals surface area contributed by atoms with Gasteiger partial charge in [0.15, 0.2) is 5.41 Å². The van der Waals surface area contributed by atoms with Crippen LogP contribution in [0.15, 0.2) is 30.3 Å². The second-order valence-corrected chi connectivity index (χ2v) is 3.10. The van der Waals surface area contributed by atoms with Crippen LogP contribution in [0.5, 0.6) is 0 Å². The zero-order valence-corrected chi connectivity index (χ0v) is 11.7. The van der Waals surface area contributed by atoms with Gasteiger partial charge >= 0.3 is 63.3 Å². The van der Waals surface area contributed by atoms with Crippen LogP contribution in [-0.2, 0) is 15.0 Å². The van der Waals surface area contributed by atoms with Gasteiger partial charge in [-0.1, -0.05) is 30.3 Å². The molecule has 0 heterocycles.